The summed E-state index contributed by atoms with van der Waals surface area (Å²) < 4.78 is 25.1. The Kier molecular flexibility index (Phi) is 6.22. The summed E-state index contributed by atoms with van der Waals surface area (Å²) in [5.41, 5.74) is 6.33. The molecule has 0 aliphatic carbocycles. The first kappa shape index (κ1) is 21.9. The zero-order chi connectivity index (χ0) is 22.8. The van der Waals surface area contributed by atoms with Gasteiger partial charge in [-0.1, -0.05) is 29.8 Å². The lowest BCUT2D eigenvalue weighted by Crippen LogP contribution is -2.06. The van der Waals surface area contributed by atoms with Crippen molar-refractivity contribution in [1.29, 1.82) is 5.26 Å². The topological polar surface area (TPSA) is 68.0 Å². The number of hydrogen-bond donors (Lipinski definition) is 0. The number of benzene rings is 2. The van der Waals surface area contributed by atoms with Crippen molar-refractivity contribution in [1.82, 2.24) is 9.97 Å². The molecule has 32 heavy (non-hydrogen) atoms. The third kappa shape index (κ3) is 4.22. The molecule has 1 aromatic heterocycles. The van der Waals surface area contributed by atoms with Gasteiger partial charge < -0.3 is 9.47 Å². The van der Waals surface area contributed by atoms with Crippen molar-refractivity contribution in [3.63, 3.8) is 0 Å². The molecular formula is C25H21ClFN3O2. The summed E-state index contributed by atoms with van der Waals surface area (Å²) >= 11 is 6.44. The van der Waals surface area contributed by atoms with Crippen LogP contribution in [0.25, 0.3) is 5.57 Å². The maximum absolute atomic E-state index is 13.8. The lowest BCUT2D eigenvalue weighted by atomic mass is 9.89. The van der Waals surface area contributed by atoms with Crippen LogP contribution < -0.4 is 4.74 Å². The van der Waals surface area contributed by atoms with E-state index in [0.29, 0.717) is 40.9 Å². The van der Waals surface area contributed by atoms with E-state index in [1.54, 1.807) is 27.0 Å². The largest absolute Gasteiger partial charge is 0.488 e. The molecule has 0 saturated carbocycles. The van der Waals surface area contributed by atoms with E-state index in [2.05, 4.69) is 16.0 Å². The molecule has 7 heteroatoms. The van der Waals surface area contributed by atoms with Crippen LogP contribution in [0.4, 0.5) is 4.39 Å². The number of halogens is 2. The molecule has 4 rings (SSSR count). The fourth-order valence-electron chi connectivity index (χ4n) is 3.95. The first-order chi connectivity index (χ1) is 15.4. The molecule has 0 N–H and O–H groups in total. The molecule has 1 aliphatic heterocycles. The molecule has 1 aliphatic rings. The Bertz CT molecular complexity index is 1280. The van der Waals surface area contributed by atoms with Crippen LogP contribution in [0.3, 0.4) is 0 Å². The van der Waals surface area contributed by atoms with Gasteiger partial charge in [-0.25, -0.2) is 14.4 Å². The number of methoxy groups -OCH3 is 1. The Hall–Kier alpha value is -3.27. The molecule has 0 saturated heterocycles. The third-order valence-corrected chi connectivity index (χ3v) is 5.71. The second-order valence-electron chi connectivity index (χ2n) is 7.63. The van der Waals surface area contributed by atoms with Crippen LogP contribution in [0.5, 0.6) is 5.75 Å². The van der Waals surface area contributed by atoms with Gasteiger partial charge in [0.1, 0.15) is 29.2 Å². The highest BCUT2D eigenvalue weighted by Crippen LogP contribution is 2.39. The zero-order valence-corrected chi connectivity index (χ0v) is 18.8. The summed E-state index contributed by atoms with van der Waals surface area (Å²) in [5.74, 6) is 0.627. The molecule has 2 heterocycles. The van der Waals surface area contributed by atoms with Gasteiger partial charge in [0.05, 0.1) is 18.4 Å². The van der Waals surface area contributed by atoms with Crippen LogP contribution >= 0.6 is 11.6 Å². The monoisotopic (exact) mass is 449 g/mol. The zero-order valence-electron chi connectivity index (χ0n) is 18.0. The molecule has 3 aromatic rings. The maximum Gasteiger partial charge on any atom is 0.136 e. The van der Waals surface area contributed by atoms with Gasteiger partial charge in [-0.3, -0.25) is 0 Å². The number of hydrogen-bond acceptors (Lipinski definition) is 5. The fourth-order valence-corrected chi connectivity index (χ4v) is 4.25. The lowest BCUT2D eigenvalue weighted by Gasteiger charge is -2.14. The molecule has 0 unspecified atom stereocenters. The summed E-state index contributed by atoms with van der Waals surface area (Å²) in [5, 5.41) is 10.0. The summed E-state index contributed by atoms with van der Waals surface area (Å²) in [6.45, 7) is 4.14. The van der Waals surface area contributed by atoms with Crippen molar-refractivity contribution in [3.05, 3.63) is 92.3 Å². The van der Waals surface area contributed by atoms with Crippen LogP contribution in [-0.4, -0.2) is 17.1 Å². The molecule has 0 radical (unpaired) electrons. The average Bonchev–Trinajstić information content (AvgIpc) is 2.92. The van der Waals surface area contributed by atoms with E-state index in [1.165, 1.54) is 12.1 Å². The van der Waals surface area contributed by atoms with Gasteiger partial charge in [0.15, 0.2) is 0 Å². The number of ether oxygens (including phenoxy) is 2. The van der Waals surface area contributed by atoms with Crippen LogP contribution in [0.15, 0.2) is 42.0 Å². The van der Waals surface area contributed by atoms with Crippen molar-refractivity contribution in [2.75, 3.05) is 7.11 Å². The van der Waals surface area contributed by atoms with Gasteiger partial charge in [-0.15, -0.1) is 0 Å². The van der Waals surface area contributed by atoms with Crippen molar-refractivity contribution in [2.45, 2.75) is 33.5 Å². The molecule has 0 atom stereocenters. The smallest absolute Gasteiger partial charge is 0.136 e. The number of aromatic nitrogens is 2. The Morgan fingerprint density at radius 3 is 2.75 bits per heavy atom. The van der Waals surface area contributed by atoms with Gasteiger partial charge in [-0.05, 0) is 42.7 Å². The van der Waals surface area contributed by atoms with Crippen molar-refractivity contribution in [3.8, 4) is 11.8 Å². The number of aryl methyl sites for hydroxylation is 1. The minimum absolute atomic E-state index is 0.255. The third-order valence-electron chi connectivity index (χ3n) is 5.39. The summed E-state index contributed by atoms with van der Waals surface area (Å²) in [6.07, 6.45) is 0.517. The highest BCUT2D eigenvalue weighted by Gasteiger charge is 2.23. The Morgan fingerprint density at radius 1 is 1.22 bits per heavy atom. The SMILES string of the molecule is COCc1nc(C)nc(Cl)c1Cc1ccc2c(c1)COc1cc(F)ccc1C2=C(C)C#N. The van der Waals surface area contributed by atoms with Crippen LogP contribution in [0, 0.1) is 24.1 Å². The van der Waals surface area contributed by atoms with Crippen molar-refractivity contribution < 1.29 is 13.9 Å². The molecule has 0 bridgehead atoms. The molecular weight excluding hydrogens is 429 g/mol. The molecule has 0 amide bonds. The first-order valence-electron chi connectivity index (χ1n) is 10.1. The second-order valence-corrected chi connectivity index (χ2v) is 7.99. The molecule has 162 valence electrons. The summed E-state index contributed by atoms with van der Waals surface area (Å²) in [6, 6.07) is 12.6. The van der Waals surface area contributed by atoms with Gasteiger partial charge in [0.2, 0.25) is 0 Å². The summed E-state index contributed by atoms with van der Waals surface area (Å²) in [4.78, 5) is 8.77. The van der Waals surface area contributed by atoms with Crippen LogP contribution in [0.2, 0.25) is 5.15 Å². The number of nitriles is 1. The number of fused-ring (bicyclic) bond motifs is 2. The summed E-state index contributed by atoms with van der Waals surface area (Å²) in [7, 11) is 1.61. The minimum atomic E-state index is -0.385. The minimum Gasteiger partial charge on any atom is -0.488 e. The van der Waals surface area contributed by atoms with Crippen molar-refractivity contribution >= 4 is 17.2 Å². The second kappa shape index (κ2) is 9.07. The van der Waals surface area contributed by atoms with Gasteiger partial charge in [0, 0.05) is 41.9 Å². The first-order valence-corrected chi connectivity index (χ1v) is 10.5. The number of allylic oxidation sites excluding steroid dienone is 1. The predicted octanol–water partition coefficient (Wildman–Crippen LogP) is 5.55. The van der Waals surface area contributed by atoms with Gasteiger partial charge in [0.25, 0.3) is 0 Å². The quantitative estimate of drug-likeness (QED) is 0.385. The van der Waals surface area contributed by atoms with Gasteiger partial charge >= 0.3 is 0 Å². The molecule has 5 nitrogen and oxygen atoms in total. The molecule has 0 fully saturated rings. The van der Waals surface area contributed by atoms with E-state index in [1.807, 2.05) is 18.2 Å². The Balaban J connectivity index is 1.79. The average molecular weight is 450 g/mol. The highest BCUT2D eigenvalue weighted by atomic mass is 35.5. The number of rotatable bonds is 4. The van der Waals surface area contributed by atoms with Crippen molar-refractivity contribution in [2.24, 2.45) is 0 Å². The standard InChI is InChI=1S/C25H21ClFN3O2/c1-14(11-28)24-19-6-4-16(9-21-22(13-31-3)29-15(2)30-25(21)26)8-17(19)12-32-23-10-18(27)5-7-20(23)24/h4-8,10H,9,12-13H2,1-3H3. The van der Waals surface area contributed by atoms with E-state index < -0.39 is 0 Å². The molecule has 0 spiro atoms. The fraction of sp³-hybridized carbons (Fsp3) is 0.240. The lowest BCUT2D eigenvalue weighted by molar-refractivity contribution is 0.180. The van der Waals surface area contributed by atoms with E-state index >= 15 is 0 Å². The number of nitrogens with zero attached hydrogens (tertiary/aromatic N) is 3. The normalized spacial score (nSPS) is 14.0. The van der Waals surface area contributed by atoms with E-state index in [0.717, 1.165) is 33.5 Å². The van der Waals surface area contributed by atoms with Crippen LogP contribution in [0.1, 0.15) is 46.3 Å². The van der Waals surface area contributed by atoms with Crippen LogP contribution in [-0.2, 0) is 24.4 Å². The predicted molar refractivity (Wildman–Crippen MR) is 120 cm³/mol. The van der Waals surface area contributed by atoms with E-state index in [-0.39, 0.29) is 12.4 Å². The maximum atomic E-state index is 13.8. The van der Waals surface area contributed by atoms with Gasteiger partial charge in [-0.2, -0.15) is 5.26 Å². The van der Waals surface area contributed by atoms with E-state index in [4.69, 9.17) is 21.1 Å². The van der Waals surface area contributed by atoms with E-state index in [9.17, 15) is 9.65 Å². The Morgan fingerprint density at radius 2 is 2.00 bits per heavy atom. The Labute approximate surface area is 191 Å². The highest BCUT2D eigenvalue weighted by molar-refractivity contribution is 6.30. The molecule has 2 aromatic carbocycles.